The Hall–Kier alpha value is -2.48. The van der Waals surface area contributed by atoms with Gasteiger partial charge in [0, 0.05) is 30.6 Å². The molecule has 1 atom stereocenters. The fourth-order valence-corrected chi connectivity index (χ4v) is 3.81. The molecule has 2 aliphatic rings. The van der Waals surface area contributed by atoms with Crippen molar-refractivity contribution in [1.29, 1.82) is 0 Å². The van der Waals surface area contributed by atoms with Gasteiger partial charge in [0.25, 0.3) is 0 Å². The van der Waals surface area contributed by atoms with Crippen molar-refractivity contribution in [2.24, 2.45) is 5.92 Å². The van der Waals surface area contributed by atoms with Crippen molar-refractivity contribution in [3.05, 3.63) is 29.3 Å². The first kappa shape index (κ1) is 16.0. The van der Waals surface area contributed by atoms with E-state index in [1.54, 1.807) is 18.1 Å². The molecule has 25 heavy (non-hydrogen) atoms. The Balaban J connectivity index is 1.42. The maximum atomic E-state index is 12.5. The summed E-state index contributed by atoms with van der Waals surface area (Å²) in [6.07, 6.45) is 2.49. The van der Waals surface area contributed by atoms with E-state index < -0.39 is 5.92 Å². The standard InChI is InChI=1S/C17H18N4O3S/c1-24-13-4-2-3-12(8-13)21-9-11(7-14(21)22)15(23)18-17-20-19-16(25-17)10-5-6-10/h2-4,8,10-11H,5-7,9H2,1H3,(H,18,20,23). The largest absolute Gasteiger partial charge is 0.497 e. The van der Waals surface area contributed by atoms with E-state index in [0.29, 0.717) is 23.3 Å². The van der Waals surface area contributed by atoms with Gasteiger partial charge in [-0.25, -0.2) is 0 Å². The molecule has 7 nitrogen and oxygen atoms in total. The number of rotatable bonds is 5. The highest BCUT2D eigenvalue weighted by molar-refractivity contribution is 7.15. The molecule has 4 rings (SSSR count). The van der Waals surface area contributed by atoms with E-state index in [9.17, 15) is 9.59 Å². The first-order valence-corrected chi connectivity index (χ1v) is 9.04. The van der Waals surface area contributed by atoms with Crippen molar-refractivity contribution in [1.82, 2.24) is 10.2 Å². The molecule has 2 amide bonds. The molecule has 1 unspecified atom stereocenters. The second kappa shape index (κ2) is 6.44. The van der Waals surface area contributed by atoms with Gasteiger partial charge >= 0.3 is 0 Å². The Morgan fingerprint density at radius 3 is 2.96 bits per heavy atom. The van der Waals surface area contributed by atoms with Gasteiger partial charge < -0.3 is 15.0 Å². The van der Waals surface area contributed by atoms with E-state index in [4.69, 9.17) is 4.74 Å². The van der Waals surface area contributed by atoms with Gasteiger partial charge in [0.1, 0.15) is 10.8 Å². The molecular weight excluding hydrogens is 340 g/mol. The van der Waals surface area contributed by atoms with Crippen LogP contribution < -0.4 is 15.0 Å². The zero-order valence-corrected chi connectivity index (χ0v) is 14.6. The minimum absolute atomic E-state index is 0.0654. The average Bonchev–Trinajstić information content (AvgIpc) is 3.25. The normalized spacial score (nSPS) is 20.0. The third-order valence-electron chi connectivity index (χ3n) is 4.46. The van der Waals surface area contributed by atoms with Gasteiger partial charge in [-0.3, -0.25) is 9.59 Å². The molecule has 8 heteroatoms. The van der Waals surface area contributed by atoms with E-state index in [-0.39, 0.29) is 18.2 Å². The number of ether oxygens (including phenoxy) is 1. The molecule has 2 heterocycles. The number of methoxy groups -OCH3 is 1. The van der Waals surface area contributed by atoms with Crippen molar-refractivity contribution in [3.8, 4) is 5.75 Å². The van der Waals surface area contributed by atoms with Gasteiger partial charge in [0.15, 0.2) is 0 Å². The Kier molecular flexibility index (Phi) is 4.12. The van der Waals surface area contributed by atoms with Crippen LogP contribution in [-0.4, -0.2) is 35.7 Å². The predicted molar refractivity (Wildman–Crippen MR) is 94.0 cm³/mol. The Morgan fingerprint density at radius 2 is 2.20 bits per heavy atom. The van der Waals surface area contributed by atoms with Crippen molar-refractivity contribution in [3.63, 3.8) is 0 Å². The molecule has 0 spiro atoms. The van der Waals surface area contributed by atoms with Crippen molar-refractivity contribution in [2.45, 2.75) is 25.2 Å². The van der Waals surface area contributed by atoms with Gasteiger partial charge in [-0.2, -0.15) is 0 Å². The molecule has 0 radical (unpaired) electrons. The van der Waals surface area contributed by atoms with Crippen molar-refractivity contribution in [2.75, 3.05) is 23.9 Å². The highest BCUT2D eigenvalue weighted by Gasteiger charge is 2.36. The molecule has 0 bridgehead atoms. The second-order valence-electron chi connectivity index (χ2n) is 6.32. The fourth-order valence-electron chi connectivity index (χ4n) is 2.90. The van der Waals surface area contributed by atoms with Crippen LogP contribution >= 0.6 is 11.3 Å². The fraction of sp³-hybridized carbons (Fsp3) is 0.412. The Bertz CT molecular complexity index is 818. The van der Waals surface area contributed by atoms with Crippen LogP contribution in [0, 0.1) is 5.92 Å². The molecule has 130 valence electrons. The van der Waals surface area contributed by atoms with E-state index >= 15 is 0 Å². The summed E-state index contributed by atoms with van der Waals surface area (Å²) in [5.41, 5.74) is 0.742. The molecule has 1 saturated heterocycles. The van der Waals surface area contributed by atoms with Gasteiger partial charge in [-0.05, 0) is 25.0 Å². The number of hydrogen-bond donors (Lipinski definition) is 1. The molecule has 1 aromatic carbocycles. The van der Waals surface area contributed by atoms with Crippen LogP contribution in [-0.2, 0) is 9.59 Å². The summed E-state index contributed by atoms with van der Waals surface area (Å²) >= 11 is 1.42. The summed E-state index contributed by atoms with van der Waals surface area (Å²) in [4.78, 5) is 26.4. The number of amides is 2. The van der Waals surface area contributed by atoms with Crippen LogP contribution in [0.3, 0.4) is 0 Å². The summed E-state index contributed by atoms with van der Waals surface area (Å²) < 4.78 is 5.20. The predicted octanol–water partition coefficient (Wildman–Crippen LogP) is 2.42. The van der Waals surface area contributed by atoms with Crippen LogP contribution in [0.2, 0.25) is 0 Å². The van der Waals surface area contributed by atoms with Gasteiger partial charge in [0.05, 0.1) is 13.0 Å². The lowest BCUT2D eigenvalue weighted by molar-refractivity contribution is -0.122. The topological polar surface area (TPSA) is 84.4 Å². The number of carbonyl (C=O) groups is 2. The smallest absolute Gasteiger partial charge is 0.231 e. The highest BCUT2D eigenvalue weighted by Crippen LogP contribution is 2.42. The summed E-state index contributed by atoms with van der Waals surface area (Å²) in [5.74, 6) is 0.549. The number of carbonyl (C=O) groups excluding carboxylic acids is 2. The van der Waals surface area contributed by atoms with Crippen molar-refractivity contribution < 1.29 is 14.3 Å². The van der Waals surface area contributed by atoms with E-state index in [2.05, 4.69) is 15.5 Å². The number of aromatic nitrogens is 2. The molecular formula is C17H18N4O3S. The monoisotopic (exact) mass is 358 g/mol. The molecule has 1 aliphatic carbocycles. The second-order valence-corrected chi connectivity index (χ2v) is 7.32. The maximum absolute atomic E-state index is 12.5. The van der Waals surface area contributed by atoms with Crippen LogP contribution in [0.25, 0.3) is 0 Å². The Labute approximate surface area is 149 Å². The molecule has 1 aliphatic heterocycles. The highest BCUT2D eigenvalue weighted by atomic mass is 32.1. The zero-order chi connectivity index (χ0) is 17.4. The average molecular weight is 358 g/mol. The third-order valence-corrected chi connectivity index (χ3v) is 5.46. The van der Waals surface area contributed by atoms with Crippen LogP contribution in [0.1, 0.15) is 30.2 Å². The molecule has 2 fully saturated rings. The number of nitrogens with zero attached hydrogens (tertiary/aromatic N) is 3. The van der Waals surface area contributed by atoms with Crippen LogP contribution in [0.15, 0.2) is 24.3 Å². The lowest BCUT2D eigenvalue weighted by atomic mass is 10.1. The number of hydrogen-bond acceptors (Lipinski definition) is 6. The van der Waals surface area contributed by atoms with Gasteiger partial charge in [-0.15, -0.1) is 10.2 Å². The van der Waals surface area contributed by atoms with E-state index in [1.807, 2.05) is 18.2 Å². The lowest BCUT2D eigenvalue weighted by Gasteiger charge is -2.17. The lowest BCUT2D eigenvalue weighted by Crippen LogP contribution is -2.28. The van der Waals surface area contributed by atoms with Crippen LogP contribution in [0.5, 0.6) is 5.75 Å². The minimum atomic E-state index is -0.396. The summed E-state index contributed by atoms with van der Waals surface area (Å²) in [6, 6.07) is 7.29. The summed E-state index contributed by atoms with van der Waals surface area (Å²) in [7, 11) is 1.58. The third kappa shape index (κ3) is 3.34. The molecule has 1 N–H and O–H groups in total. The zero-order valence-electron chi connectivity index (χ0n) is 13.8. The molecule has 1 saturated carbocycles. The van der Waals surface area contributed by atoms with Gasteiger partial charge in [0.2, 0.25) is 16.9 Å². The first-order valence-electron chi connectivity index (χ1n) is 8.22. The van der Waals surface area contributed by atoms with Crippen molar-refractivity contribution >= 4 is 34.0 Å². The summed E-state index contributed by atoms with van der Waals surface area (Å²) in [6.45, 7) is 0.353. The quantitative estimate of drug-likeness (QED) is 0.887. The number of benzene rings is 1. The van der Waals surface area contributed by atoms with Crippen LogP contribution in [0.4, 0.5) is 10.8 Å². The molecule has 2 aromatic rings. The van der Waals surface area contributed by atoms with E-state index in [0.717, 1.165) is 23.5 Å². The SMILES string of the molecule is COc1cccc(N2CC(C(=O)Nc3nnc(C4CC4)s3)CC2=O)c1. The number of nitrogens with one attached hydrogen (secondary N) is 1. The summed E-state index contributed by atoms with van der Waals surface area (Å²) in [5, 5.41) is 12.4. The number of anilines is 2. The van der Waals surface area contributed by atoms with E-state index in [1.165, 1.54) is 11.3 Å². The molecule has 1 aromatic heterocycles. The first-order chi connectivity index (χ1) is 12.1. The van der Waals surface area contributed by atoms with Gasteiger partial charge in [-0.1, -0.05) is 17.4 Å². The maximum Gasteiger partial charge on any atom is 0.231 e. The Morgan fingerprint density at radius 1 is 1.36 bits per heavy atom. The minimum Gasteiger partial charge on any atom is -0.497 e.